The lowest BCUT2D eigenvalue weighted by Crippen LogP contribution is -2.37. The highest BCUT2D eigenvalue weighted by Crippen LogP contribution is 2.40. The largest absolute Gasteiger partial charge is 0.443 e. The highest BCUT2D eigenvalue weighted by molar-refractivity contribution is 6.12. The smallest absolute Gasteiger partial charge is 0.417 e. The number of ether oxygens (including phenoxy) is 1. The summed E-state index contributed by atoms with van der Waals surface area (Å²) >= 11 is 0. The number of carbonyl (C=O) groups excluding carboxylic acids is 2. The third kappa shape index (κ3) is 4.81. The zero-order chi connectivity index (χ0) is 30.7. The van der Waals surface area contributed by atoms with Crippen LogP contribution < -0.4 is 5.32 Å². The lowest BCUT2D eigenvalue weighted by atomic mass is 9.96. The lowest BCUT2D eigenvalue weighted by Gasteiger charge is -2.23. The number of hydrogen-bond donors (Lipinski definition) is 1. The molecular formula is C31H34N6O3. The number of amides is 2. The zero-order valence-electron chi connectivity index (χ0n) is 26.1. The number of pyridine rings is 2. The predicted molar refractivity (Wildman–Crippen MR) is 154 cm³/mol. The van der Waals surface area contributed by atoms with Crippen LogP contribution in [-0.2, 0) is 24.2 Å². The molecular weight excluding hydrogens is 504 g/mol. The topological polar surface area (TPSA) is 92.1 Å². The van der Waals surface area contributed by atoms with Gasteiger partial charge in [-0.25, -0.2) is 19.2 Å². The van der Waals surface area contributed by atoms with E-state index in [1.165, 1.54) is 4.90 Å². The minimum Gasteiger partial charge on any atom is -0.443 e. The second-order valence-electron chi connectivity index (χ2n) is 11.4. The van der Waals surface area contributed by atoms with Crippen molar-refractivity contribution in [1.29, 1.82) is 0 Å². The van der Waals surface area contributed by atoms with Crippen molar-refractivity contribution in [3.05, 3.63) is 76.7 Å². The Morgan fingerprint density at radius 2 is 1.95 bits per heavy atom. The van der Waals surface area contributed by atoms with Gasteiger partial charge < -0.3 is 15.0 Å². The van der Waals surface area contributed by atoms with Crippen molar-refractivity contribution in [2.45, 2.75) is 59.2 Å². The van der Waals surface area contributed by atoms with Gasteiger partial charge in [0.1, 0.15) is 11.4 Å². The molecule has 3 aromatic heterocycles. The molecule has 2 aliphatic heterocycles. The average Bonchev–Trinajstić information content (AvgIpc) is 3.40. The van der Waals surface area contributed by atoms with E-state index < -0.39 is 24.6 Å². The predicted octanol–water partition coefficient (Wildman–Crippen LogP) is 5.72. The Morgan fingerprint density at radius 1 is 1.10 bits per heavy atom. The highest BCUT2D eigenvalue weighted by atomic mass is 16.6. The van der Waals surface area contributed by atoms with E-state index in [2.05, 4.69) is 10.4 Å². The number of nitrogens with one attached hydrogen (secondary N) is 1. The lowest BCUT2D eigenvalue weighted by molar-refractivity contribution is 0.0248. The first-order chi connectivity index (χ1) is 20.3. The Labute approximate surface area is 238 Å². The minimum atomic E-state index is -2.21. The second-order valence-corrected chi connectivity index (χ2v) is 11.4. The molecule has 0 fully saturated rings. The van der Waals surface area contributed by atoms with Crippen LogP contribution in [0.25, 0.3) is 16.6 Å². The summed E-state index contributed by atoms with van der Waals surface area (Å²) in [7, 11) is 0. The van der Waals surface area contributed by atoms with Gasteiger partial charge in [0.25, 0.3) is 5.91 Å². The number of imide groups is 1. The van der Waals surface area contributed by atoms with E-state index in [1.807, 2.05) is 49.5 Å². The normalized spacial score (nSPS) is 17.1. The van der Waals surface area contributed by atoms with E-state index in [9.17, 15) is 9.59 Å². The van der Waals surface area contributed by atoms with Crippen LogP contribution >= 0.6 is 0 Å². The van der Waals surface area contributed by atoms with Gasteiger partial charge in [-0.05, 0) is 94.5 Å². The van der Waals surface area contributed by atoms with Gasteiger partial charge in [0, 0.05) is 22.4 Å². The Morgan fingerprint density at radius 3 is 2.75 bits per heavy atom. The maximum Gasteiger partial charge on any atom is 0.417 e. The fourth-order valence-electron chi connectivity index (χ4n) is 5.36. The van der Waals surface area contributed by atoms with Gasteiger partial charge in [0.2, 0.25) is 0 Å². The van der Waals surface area contributed by atoms with E-state index in [0.29, 0.717) is 34.9 Å². The van der Waals surface area contributed by atoms with Gasteiger partial charge in [-0.1, -0.05) is 18.2 Å². The standard InChI is InChI=1S/C31H34N6O3/c1-19-8-12-26-22(15-32-37(26)16-19)21-10-11-24(28-23(21)17-36(29(28)38)30(39)40-31(2,3)4)33-27-13-9-20-7-6-14-35(5)18-25(20)34-27/h8-13,15-16H,6-7,14,17-18H2,1-5H3,(H,33,34)/i5D3. The van der Waals surface area contributed by atoms with Crippen LogP contribution in [0, 0.1) is 6.92 Å². The average molecular weight is 542 g/mol. The first kappa shape index (κ1) is 22.6. The Kier molecular flexibility index (Phi) is 5.50. The number of aryl methyl sites for hydroxylation is 2. The van der Waals surface area contributed by atoms with E-state index >= 15 is 0 Å². The number of anilines is 2. The molecule has 0 spiro atoms. The van der Waals surface area contributed by atoms with Crippen LogP contribution in [0.2, 0.25) is 0 Å². The van der Waals surface area contributed by atoms with Crippen LogP contribution in [0.5, 0.6) is 0 Å². The van der Waals surface area contributed by atoms with Crippen LogP contribution in [-0.4, -0.2) is 55.5 Å². The fraction of sp³-hybridized carbons (Fsp3) is 0.355. The van der Waals surface area contributed by atoms with Crippen molar-refractivity contribution in [3.8, 4) is 11.1 Å². The number of hydrogen-bond acceptors (Lipinski definition) is 7. The molecule has 206 valence electrons. The summed E-state index contributed by atoms with van der Waals surface area (Å²) in [6.07, 6.45) is 4.45. The van der Waals surface area contributed by atoms with E-state index in [1.54, 1.807) is 31.5 Å². The van der Waals surface area contributed by atoms with Gasteiger partial charge in [0.15, 0.2) is 0 Å². The Hall–Kier alpha value is -4.24. The second kappa shape index (κ2) is 9.75. The maximum atomic E-state index is 13.9. The Balaban J connectivity index is 1.41. The first-order valence-corrected chi connectivity index (χ1v) is 13.4. The summed E-state index contributed by atoms with van der Waals surface area (Å²) in [6, 6.07) is 11.5. The molecule has 6 rings (SSSR count). The van der Waals surface area contributed by atoms with Crippen LogP contribution in [0.1, 0.15) is 64.0 Å². The molecule has 9 heteroatoms. The van der Waals surface area contributed by atoms with Crippen molar-refractivity contribution >= 4 is 29.0 Å². The number of nitrogens with zero attached hydrogens (tertiary/aromatic N) is 5. The molecule has 0 saturated carbocycles. The Bertz CT molecular complexity index is 1760. The quantitative estimate of drug-likeness (QED) is 0.355. The van der Waals surface area contributed by atoms with E-state index in [-0.39, 0.29) is 13.1 Å². The number of fused-ring (bicyclic) bond motifs is 3. The van der Waals surface area contributed by atoms with Crippen molar-refractivity contribution < 1.29 is 18.4 Å². The van der Waals surface area contributed by atoms with Gasteiger partial charge in [-0.3, -0.25) is 4.79 Å². The molecule has 0 radical (unpaired) electrons. The van der Waals surface area contributed by atoms with Crippen molar-refractivity contribution in [2.24, 2.45) is 0 Å². The summed E-state index contributed by atoms with van der Waals surface area (Å²) in [5.74, 6) is 0.0142. The molecule has 1 N–H and O–H groups in total. The summed E-state index contributed by atoms with van der Waals surface area (Å²) in [4.78, 5) is 34.4. The maximum absolute atomic E-state index is 13.9. The first-order valence-electron chi connectivity index (χ1n) is 14.9. The molecule has 0 aliphatic carbocycles. The van der Waals surface area contributed by atoms with E-state index in [0.717, 1.165) is 45.5 Å². The number of carbonyl (C=O) groups is 2. The van der Waals surface area contributed by atoms with Gasteiger partial charge in [-0.15, -0.1) is 0 Å². The molecule has 0 bridgehead atoms. The van der Waals surface area contributed by atoms with Crippen LogP contribution in [0.3, 0.4) is 0 Å². The van der Waals surface area contributed by atoms with Gasteiger partial charge in [-0.2, -0.15) is 5.10 Å². The monoisotopic (exact) mass is 541 g/mol. The molecule has 0 unspecified atom stereocenters. The van der Waals surface area contributed by atoms with Crippen LogP contribution in [0.4, 0.5) is 16.3 Å². The number of rotatable bonds is 3. The number of aromatic nitrogens is 3. The molecule has 40 heavy (non-hydrogen) atoms. The zero-order valence-corrected chi connectivity index (χ0v) is 23.1. The molecule has 0 saturated heterocycles. The summed E-state index contributed by atoms with van der Waals surface area (Å²) < 4.78 is 31.0. The molecule has 5 heterocycles. The molecule has 9 nitrogen and oxygen atoms in total. The van der Waals surface area contributed by atoms with Crippen molar-refractivity contribution in [3.63, 3.8) is 0 Å². The van der Waals surface area contributed by atoms with Crippen LogP contribution in [0.15, 0.2) is 48.8 Å². The molecule has 4 aromatic rings. The molecule has 2 aliphatic rings. The summed E-state index contributed by atoms with van der Waals surface area (Å²) in [6.45, 7) is 5.77. The summed E-state index contributed by atoms with van der Waals surface area (Å²) in [5.41, 5.74) is 6.04. The van der Waals surface area contributed by atoms with E-state index in [4.69, 9.17) is 13.8 Å². The highest BCUT2D eigenvalue weighted by Gasteiger charge is 2.39. The SMILES string of the molecule is [2H]C([2H])([2H])N1CCCc2ccc(Nc3ccc(-c4cnn5cc(C)ccc45)c4c3C(=O)N(C(=O)OC(C)(C)C)C4)nc2C1. The summed E-state index contributed by atoms with van der Waals surface area (Å²) in [5, 5.41) is 7.81. The minimum absolute atomic E-state index is 0.0439. The number of benzene rings is 1. The third-order valence-electron chi connectivity index (χ3n) is 7.20. The third-order valence-corrected chi connectivity index (χ3v) is 7.20. The van der Waals surface area contributed by atoms with Crippen molar-refractivity contribution in [1.82, 2.24) is 24.4 Å². The van der Waals surface area contributed by atoms with Gasteiger partial charge in [0.05, 0.1) is 35.2 Å². The molecule has 2 amide bonds. The van der Waals surface area contributed by atoms with Gasteiger partial charge >= 0.3 is 6.09 Å². The van der Waals surface area contributed by atoms with Crippen molar-refractivity contribution in [2.75, 3.05) is 18.8 Å². The molecule has 0 atom stereocenters. The molecule has 1 aromatic carbocycles. The fourth-order valence-corrected chi connectivity index (χ4v) is 5.36.